The average Bonchev–Trinajstić information content (AvgIpc) is 2.12. The number of hydrogen-bond acceptors (Lipinski definition) is 4. The summed E-state index contributed by atoms with van der Waals surface area (Å²) in [6.45, 7) is 3.86. The summed E-state index contributed by atoms with van der Waals surface area (Å²) >= 11 is 0. The SMILES string of the molecule is CCCc1nc(N(C)C)nc(C)c1O. The van der Waals surface area contributed by atoms with Gasteiger partial charge in [-0.25, -0.2) is 9.97 Å². The molecule has 0 aliphatic rings. The second-order valence-electron chi connectivity index (χ2n) is 3.55. The van der Waals surface area contributed by atoms with Gasteiger partial charge in [0.25, 0.3) is 0 Å². The van der Waals surface area contributed by atoms with Gasteiger partial charge in [0.1, 0.15) is 0 Å². The summed E-state index contributed by atoms with van der Waals surface area (Å²) in [4.78, 5) is 10.3. The zero-order chi connectivity index (χ0) is 10.7. The highest BCUT2D eigenvalue weighted by Gasteiger charge is 2.10. The maximum absolute atomic E-state index is 9.69. The monoisotopic (exact) mass is 195 g/mol. The van der Waals surface area contributed by atoms with Gasteiger partial charge in [-0.1, -0.05) is 13.3 Å². The van der Waals surface area contributed by atoms with Crippen LogP contribution < -0.4 is 4.90 Å². The zero-order valence-electron chi connectivity index (χ0n) is 9.20. The van der Waals surface area contributed by atoms with E-state index < -0.39 is 0 Å². The lowest BCUT2D eigenvalue weighted by molar-refractivity contribution is 0.455. The van der Waals surface area contributed by atoms with E-state index >= 15 is 0 Å². The summed E-state index contributed by atoms with van der Waals surface area (Å²) in [6, 6.07) is 0. The Labute approximate surface area is 84.6 Å². The van der Waals surface area contributed by atoms with E-state index in [1.165, 1.54) is 0 Å². The van der Waals surface area contributed by atoms with Crippen molar-refractivity contribution in [2.75, 3.05) is 19.0 Å². The molecule has 0 fully saturated rings. The minimum Gasteiger partial charge on any atom is -0.504 e. The molecule has 4 heteroatoms. The number of aromatic nitrogens is 2. The lowest BCUT2D eigenvalue weighted by Crippen LogP contribution is -2.14. The summed E-state index contributed by atoms with van der Waals surface area (Å²) in [7, 11) is 3.78. The van der Waals surface area contributed by atoms with Crippen LogP contribution in [0.3, 0.4) is 0 Å². The van der Waals surface area contributed by atoms with Crippen molar-refractivity contribution in [1.82, 2.24) is 9.97 Å². The number of aromatic hydroxyl groups is 1. The highest BCUT2D eigenvalue weighted by molar-refractivity contribution is 5.38. The smallest absolute Gasteiger partial charge is 0.225 e. The van der Waals surface area contributed by atoms with E-state index in [4.69, 9.17) is 0 Å². The van der Waals surface area contributed by atoms with Crippen LogP contribution in [0.15, 0.2) is 0 Å². The number of rotatable bonds is 3. The lowest BCUT2D eigenvalue weighted by Gasteiger charge is -2.13. The molecule has 0 aliphatic heterocycles. The summed E-state index contributed by atoms with van der Waals surface area (Å²) in [5.74, 6) is 0.890. The predicted molar refractivity (Wildman–Crippen MR) is 56.8 cm³/mol. The van der Waals surface area contributed by atoms with Crippen LogP contribution in [0.25, 0.3) is 0 Å². The molecule has 14 heavy (non-hydrogen) atoms. The standard InChI is InChI=1S/C10H17N3O/c1-5-6-8-9(14)7(2)11-10(12-8)13(3)4/h14H,5-6H2,1-4H3. The summed E-state index contributed by atoms with van der Waals surface area (Å²) < 4.78 is 0. The lowest BCUT2D eigenvalue weighted by atomic mass is 10.2. The molecule has 0 aromatic carbocycles. The third kappa shape index (κ3) is 2.13. The first-order valence-electron chi connectivity index (χ1n) is 4.80. The molecule has 4 nitrogen and oxygen atoms in total. The Morgan fingerprint density at radius 1 is 1.29 bits per heavy atom. The Hall–Kier alpha value is -1.32. The average molecular weight is 195 g/mol. The van der Waals surface area contributed by atoms with E-state index in [0.717, 1.165) is 18.5 Å². The molecule has 1 N–H and O–H groups in total. The molecule has 0 radical (unpaired) electrons. The van der Waals surface area contributed by atoms with Crippen molar-refractivity contribution in [3.05, 3.63) is 11.4 Å². The van der Waals surface area contributed by atoms with Crippen LogP contribution in [-0.4, -0.2) is 29.2 Å². The van der Waals surface area contributed by atoms with Crippen molar-refractivity contribution in [1.29, 1.82) is 0 Å². The molecule has 78 valence electrons. The summed E-state index contributed by atoms with van der Waals surface area (Å²) in [6.07, 6.45) is 1.76. The van der Waals surface area contributed by atoms with E-state index in [2.05, 4.69) is 16.9 Å². The van der Waals surface area contributed by atoms with Crippen LogP contribution in [-0.2, 0) is 6.42 Å². The molecule has 1 rings (SSSR count). The maximum atomic E-state index is 9.69. The molecule has 0 atom stereocenters. The minimum atomic E-state index is 0.234. The number of hydrogen-bond donors (Lipinski definition) is 1. The molecular formula is C10H17N3O. The topological polar surface area (TPSA) is 49.2 Å². The Kier molecular flexibility index (Phi) is 3.28. The number of aryl methyl sites for hydroxylation is 2. The molecule has 0 aliphatic carbocycles. The highest BCUT2D eigenvalue weighted by Crippen LogP contribution is 2.22. The van der Waals surface area contributed by atoms with E-state index in [1.807, 2.05) is 19.0 Å². The van der Waals surface area contributed by atoms with E-state index in [9.17, 15) is 5.11 Å². The molecule has 0 bridgehead atoms. The molecule has 0 amide bonds. The van der Waals surface area contributed by atoms with Gasteiger partial charge in [-0.2, -0.15) is 0 Å². The van der Waals surface area contributed by atoms with Gasteiger partial charge < -0.3 is 10.0 Å². The van der Waals surface area contributed by atoms with Gasteiger partial charge >= 0.3 is 0 Å². The zero-order valence-corrected chi connectivity index (χ0v) is 9.20. The minimum absolute atomic E-state index is 0.234. The third-order valence-corrected chi connectivity index (χ3v) is 2.01. The fourth-order valence-corrected chi connectivity index (χ4v) is 1.22. The number of nitrogens with zero attached hydrogens (tertiary/aromatic N) is 3. The molecule has 0 unspecified atom stereocenters. The Bertz CT molecular complexity index is 323. The van der Waals surface area contributed by atoms with Crippen LogP contribution in [0.1, 0.15) is 24.7 Å². The fourth-order valence-electron chi connectivity index (χ4n) is 1.22. The van der Waals surface area contributed by atoms with Gasteiger partial charge in [0.15, 0.2) is 5.75 Å². The van der Waals surface area contributed by atoms with Crippen LogP contribution in [0.5, 0.6) is 5.75 Å². The molecule has 1 aromatic rings. The van der Waals surface area contributed by atoms with Gasteiger partial charge in [0.05, 0.1) is 11.4 Å². The first kappa shape index (κ1) is 10.8. The van der Waals surface area contributed by atoms with Crippen LogP contribution in [0.2, 0.25) is 0 Å². The van der Waals surface area contributed by atoms with Crippen LogP contribution in [0.4, 0.5) is 5.95 Å². The van der Waals surface area contributed by atoms with Gasteiger partial charge in [-0.15, -0.1) is 0 Å². The van der Waals surface area contributed by atoms with Gasteiger partial charge in [-0.05, 0) is 13.3 Å². The van der Waals surface area contributed by atoms with E-state index in [0.29, 0.717) is 11.6 Å². The first-order valence-corrected chi connectivity index (χ1v) is 4.80. The highest BCUT2D eigenvalue weighted by atomic mass is 16.3. The Morgan fingerprint density at radius 2 is 1.93 bits per heavy atom. The number of anilines is 1. The predicted octanol–water partition coefficient (Wildman–Crippen LogP) is 1.51. The van der Waals surface area contributed by atoms with E-state index in [-0.39, 0.29) is 5.75 Å². The molecule has 0 spiro atoms. The fraction of sp³-hybridized carbons (Fsp3) is 0.600. The summed E-state index contributed by atoms with van der Waals surface area (Å²) in [5, 5.41) is 9.69. The largest absolute Gasteiger partial charge is 0.504 e. The second kappa shape index (κ2) is 4.26. The Balaban J connectivity index is 3.14. The summed E-state index contributed by atoms with van der Waals surface area (Å²) in [5.41, 5.74) is 1.39. The molecule has 0 saturated carbocycles. The molecule has 1 aromatic heterocycles. The quantitative estimate of drug-likeness (QED) is 0.794. The van der Waals surface area contributed by atoms with Crippen LogP contribution >= 0.6 is 0 Å². The first-order chi connectivity index (χ1) is 6.56. The maximum Gasteiger partial charge on any atom is 0.225 e. The van der Waals surface area contributed by atoms with Gasteiger partial charge in [0, 0.05) is 14.1 Å². The third-order valence-electron chi connectivity index (χ3n) is 2.01. The van der Waals surface area contributed by atoms with Gasteiger partial charge in [0.2, 0.25) is 5.95 Å². The van der Waals surface area contributed by atoms with Crippen molar-refractivity contribution < 1.29 is 5.11 Å². The van der Waals surface area contributed by atoms with Crippen molar-refractivity contribution in [2.45, 2.75) is 26.7 Å². The van der Waals surface area contributed by atoms with Crippen molar-refractivity contribution >= 4 is 5.95 Å². The van der Waals surface area contributed by atoms with Crippen molar-refractivity contribution in [3.63, 3.8) is 0 Å². The van der Waals surface area contributed by atoms with E-state index in [1.54, 1.807) is 6.92 Å². The normalized spacial score (nSPS) is 10.3. The van der Waals surface area contributed by atoms with Gasteiger partial charge in [-0.3, -0.25) is 0 Å². The molecule has 0 saturated heterocycles. The van der Waals surface area contributed by atoms with Crippen molar-refractivity contribution in [2.24, 2.45) is 0 Å². The molecule has 1 heterocycles. The molecular weight excluding hydrogens is 178 g/mol. The Morgan fingerprint density at radius 3 is 2.43 bits per heavy atom. The van der Waals surface area contributed by atoms with Crippen LogP contribution in [0, 0.1) is 6.92 Å². The van der Waals surface area contributed by atoms with Crippen molar-refractivity contribution in [3.8, 4) is 5.75 Å². The second-order valence-corrected chi connectivity index (χ2v) is 3.55.